The van der Waals surface area contributed by atoms with Crippen molar-refractivity contribution in [2.45, 2.75) is 6.54 Å². The van der Waals surface area contributed by atoms with E-state index in [4.69, 9.17) is 11.4 Å². The van der Waals surface area contributed by atoms with Gasteiger partial charge >= 0.3 is 0 Å². The summed E-state index contributed by atoms with van der Waals surface area (Å²) in [5, 5.41) is 9.65. The van der Waals surface area contributed by atoms with Crippen LogP contribution in [0.1, 0.15) is 11.1 Å². The number of rotatable bonds is 3. The van der Waals surface area contributed by atoms with Crippen molar-refractivity contribution in [3.63, 3.8) is 0 Å². The standard InChI is InChI=1S/C23H15N5/c1-2-16-5-3-6-19(13-16)21-10-11-22-23(25-21)28(27-26-22)15-17-8-9-20-18(14-17)7-4-12-24-20/h1,3-14H,15H2. The Hall–Kier alpha value is -4.04. The Labute approximate surface area is 161 Å². The largest absolute Gasteiger partial charge is 0.256 e. The Bertz CT molecular complexity index is 1360. The van der Waals surface area contributed by atoms with Gasteiger partial charge in [0.1, 0.15) is 5.52 Å². The first-order chi connectivity index (χ1) is 13.8. The van der Waals surface area contributed by atoms with Crippen molar-refractivity contribution in [2.75, 3.05) is 0 Å². The van der Waals surface area contributed by atoms with Crippen LogP contribution >= 0.6 is 0 Å². The molecule has 0 fully saturated rings. The molecule has 3 heterocycles. The number of hydrogen-bond donors (Lipinski definition) is 0. The van der Waals surface area contributed by atoms with Crippen molar-refractivity contribution < 1.29 is 0 Å². The van der Waals surface area contributed by atoms with Gasteiger partial charge in [0.15, 0.2) is 5.65 Å². The molecule has 0 aliphatic carbocycles. The fraction of sp³-hybridized carbons (Fsp3) is 0.0435. The Morgan fingerprint density at radius 1 is 0.929 bits per heavy atom. The first kappa shape index (κ1) is 16.2. The highest BCUT2D eigenvalue weighted by Gasteiger charge is 2.10. The average molecular weight is 361 g/mol. The fourth-order valence-electron chi connectivity index (χ4n) is 3.29. The highest BCUT2D eigenvalue weighted by atomic mass is 15.4. The van der Waals surface area contributed by atoms with Crippen LogP contribution in [0.2, 0.25) is 0 Å². The third-order valence-electron chi connectivity index (χ3n) is 4.68. The van der Waals surface area contributed by atoms with E-state index in [1.165, 1.54) is 0 Å². The highest BCUT2D eigenvalue weighted by molar-refractivity contribution is 5.79. The van der Waals surface area contributed by atoms with Crippen molar-refractivity contribution in [3.05, 3.63) is 84.1 Å². The monoisotopic (exact) mass is 361 g/mol. The summed E-state index contributed by atoms with van der Waals surface area (Å²) in [4.78, 5) is 9.16. The van der Waals surface area contributed by atoms with Crippen LogP contribution in [0, 0.1) is 12.3 Å². The number of pyridine rings is 2. The minimum absolute atomic E-state index is 0.585. The van der Waals surface area contributed by atoms with Crippen LogP contribution < -0.4 is 0 Å². The lowest BCUT2D eigenvalue weighted by atomic mass is 10.1. The first-order valence-corrected chi connectivity index (χ1v) is 8.91. The van der Waals surface area contributed by atoms with Gasteiger partial charge in [0.2, 0.25) is 0 Å². The van der Waals surface area contributed by atoms with Gasteiger partial charge in [0.05, 0.1) is 17.8 Å². The van der Waals surface area contributed by atoms with Gasteiger partial charge < -0.3 is 0 Å². The Morgan fingerprint density at radius 3 is 2.79 bits per heavy atom. The van der Waals surface area contributed by atoms with Crippen LogP contribution in [0.3, 0.4) is 0 Å². The third kappa shape index (κ3) is 2.87. The minimum Gasteiger partial charge on any atom is -0.256 e. The molecule has 0 saturated carbocycles. The van der Waals surface area contributed by atoms with Gasteiger partial charge in [-0.2, -0.15) is 0 Å². The maximum Gasteiger partial charge on any atom is 0.179 e. The highest BCUT2D eigenvalue weighted by Crippen LogP contribution is 2.22. The summed E-state index contributed by atoms with van der Waals surface area (Å²) in [7, 11) is 0. The molecule has 3 aromatic heterocycles. The van der Waals surface area contributed by atoms with Crippen LogP contribution in [0.5, 0.6) is 0 Å². The van der Waals surface area contributed by atoms with Crippen molar-refractivity contribution in [2.24, 2.45) is 0 Å². The number of nitrogens with zero attached hydrogens (tertiary/aromatic N) is 5. The second-order valence-corrected chi connectivity index (χ2v) is 6.54. The predicted molar refractivity (Wildman–Crippen MR) is 110 cm³/mol. The predicted octanol–water partition coefficient (Wildman–Crippen LogP) is 4.07. The van der Waals surface area contributed by atoms with Crippen molar-refractivity contribution in [1.29, 1.82) is 0 Å². The zero-order valence-corrected chi connectivity index (χ0v) is 14.9. The van der Waals surface area contributed by atoms with Crippen LogP contribution in [0.15, 0.2) is 72.9 Å². The Morgan fingerprint density at radius 2 is 1.86 bits per heavy atom. The topological polar surface area (TPSA) is 56.5 Å². The first-order valence-electron chi connectivity index (χ1n) is 8.91. The quantitative estimate of drug-likeness (QED) is 0.455. The van der Waals surface area contributed by atoms with Crippen LogP contribution in [-0.4, -0.2) is 25.0 Å². The van der Waals surface area contributed by atoms with E-state index in [0.717, 1.165) is 44.5 Å². The lowest BCUT2D eigenvalue weighted by Gasteiger charge is -2.06. The molecule has 0 atom stereocenters. The number of benzene rings is 2. The van der Waals surface area contributed by atoms with Crippen LogP contribution in [0.4, 0.5) is 0 Å². The molecule has 0 radical (unpaired) electrons. The van der Waals surface area contributed by atoms with E-state index in [1.54, 1.807) is 6.20 Å². The van der Waals surface area contributed by atoms with Crippen LogP contribution in [-0.2, 0) is 6.54 Å². The zero-order valence-electron chi connectivity index (χ0n) is 14.9. The number of fused-ring (bicyclic) bond motifs is 2. The second-order valence-electron chi connectivity index (χ2n) is 6.54. The number of terminal acetylenes is 1. The maximum atomic E-state index is 5.52. The molecule has 2 aromatic carbocycles. The lowest BCUT2D eigenvalue weighted by molar-refractivity contribution is 0.665. The number of hydrogen-bond acceptors (Lipinski definition) is 4. The molecule has 28 heavy (non-hydrogen) atoms. The second kappa shape index (κ2) is 6.60. The Balaban J connectivity index is 1.55. The van der Waals surface area contributed by atoms with Crippen LogP contribution in [0.25, 0.3) is 33.3 Å². The Kier molecular flexibility index (Phi) is 3.81. The van der Waals surface area contributed by atoms with Gasteiger partial charge in [-0.3, -0.25) is 4.98 Å². The van der Waals surface area contributed by atoms with Gasteiger partial charge in [-0.05, 0) is 48.0 Å². The number of aromatic nitrogens is 5. The molecule has 5 nitrogen and oxygen atoms in total. The lowest BCUT2D eigenvalue weighted by Crippen LogP contribution is -2.03. The summed E-state index contributed by atoms with van der Waals surface area (Å²) in [5.74, 6) is 2.67. The van der Waals surface area contributed by atoms with Gasteiger partial charge in [0, 0.05) is 22.7 Å². The van der Waals surface area contributed by atoms with E-state index in [-0.39, 0.29) is 0 Å². The van der Waals surface area contributed by atoms with Crippen molar-refractivity contribution in [3.8, 4) is 23.6 Å². The molecule has 0 bridgehead atoms. The molecular formula is C23H15N5. The van der Waals surface area contributed by atoms with Gasteiger partial charge in [-0.15, -0.1) is 11.5 Å². The normalized spacial score (nSPS) is 11.0. The molecule has 5 rings (SSSR count). The van der Waals surface area contributed by atoms with Crippen molar-refractivity contribution >= 4 is 22.1 Å². The SMILES string of the molecule is C#Cc1cccc(-c2ccc3nnn(Cc4ccc5ncccc5c4)c3n2)c1. The molecule has 0 N–H and O–H groups in total. The van der Waals surface area contributed by atoms with E-state index in [1.807, 2.05) is 53.2 Å². The molecule has 0 spiro atoms. The fourth-order valence-corrected chi connectivity index (χ4v) is 3.29. The minimum atomic E-state index is 0.585. The molecule has 5 aromatic rings. The molecule has 132 valence electrons. The van der Waals surface area contributed by atoms with Crippen molar-refractivity contribution in [1.82, 2.24) is 25.0 Å². The summed E-state index contributed by atoms with van der Waals surface area (Å²) < 4.78 is 1.82. The molecule has 0 unspecified atom stereocenters. The molecule has 0 amide bonds. The average Bonchev–Trinajstić information content (AvgIpc) is 3.15. The van der Waals surface area contributed by atoms with E-state index < -0.39 is 0 Å². The third-order valence-corrected chi connectivity index (χ3v) is 4.68. The van der Waals surface area contributed by atoms with Gasteiger partial charge in [0.25, 0.3) is 0 Å². The summed E-state index contributed by atoms with van der Waals surface area (Å²) in [5.41, 5.74) is 6.25. The molecular weight excluding hydrogens is 346 g/mol. The zero-order chi connectivity index (χ0) is 18.9. The summed E-state index contributed by atoms with van der Waals surface area (Å²) in [6.07, 6.45) is 7.32. The molecule has 5 heteroatoms. The molecule has 0 saturated heterocycles. The van der Waals surface area contributed by atoms with Gasteiger partial charge in [-0.1, -0.05) is 35.4 Å². The van der Waals surface area contributed by atoms with E-state index in [0.29, 0.717) is 6.54 Å². The van der Waals surface area contributed by atoms with Gasteiger partial charge in [-0.25, -0.2) is 9.67 Å². The maximum absolute atomic E-state index is 5.52. The van der Waals surface area contributed by atoms with E-state index in [9.17, 15) is 0 Å². The summed E-state index contributed by atoms with van der Waals surface area (Å²) >= 11 is 0. The summed E-state index contributed by atoms with van der Waals surface area (Å²) in [6, 6.07) is 21.9. The summed E-state index contributed by atoms with van der Waals surface area (Å²) in [6.45, 7) is 0.585. The molecule has 0 aliphatic rings. The van der Waals surface area contributed by atoms with E-state index >= 15 is 0 Å². The smallest absolute Gasteiger partial charge is 0.179 e. The van der Waals surface area contributed by atoms with E-state index in [2.05, 4.69) is 39.4 Å². The molecule has 0 aliphatic heterocycles.